The van der Waals surface area contributed by atoms with E-state index in [9.17, 15) is 9.59 Å². The lowest BCUT2D eigenvalue weighted by molar-refractivity contribution is -0.125. The molecule has 1 atom stereocenters. The van der Waals surface area contributed by atoms with Gasteiger partial charge in [-0.15, -0.1) is 11.3 Å². The van der Waals surface area contributed by atoms with Gasteiger partial charge in [0, 0.05) is 23.7 Å². The Kier molecular flexibility index (Phi) is 3.21. The lowest BCUT2D eigenvalue weighted by Crippen LogP contribution is -2.41. The van der Waals surface area contributed by atoms with Crippen molar-refractivity contribution in [2.24, 2.45) is 0 Å². The summed E-state index contributed by atoms with van der Waals surface area (Å²) < 4.78 is 7.44. The summed E-state index contributed by atoms with van der Waals surface area (Å²) in [5.41, 5.74) is 2.58. The Bertz CT molecular complexity index is 989. The van der Waals surface area contributed by atoms with Gasteiger partial charge in [-0.3, -0.25) is 14.0 Å². The van der Waals surface area contributed by atoms with Crippen LogP contribution in [0.1, 0.15) is 22.3 Å². The summed E-state index contributed by atoms with van der Waals surface area (Å²) in [5.74, 6) is 0.551. The van der Waals surface area contributed by atoms with Crippen LogP contribution in [0.25, 0.3) is 16.2 Å². The second-order valence-corrected chi connectivity index (χ2v) is 7.01. The number of thiazole rings is 1. The van der Waals surface area contributed by atoms with E-state index in [0.717, 1.165) is 21.7 Å². The molecule has 3 aromatic rings. The third kappa shape index (κ3) is 2.05. The van der Waals surface area contributed by atoms with Crippen LogP contribution < -0.4 is 9.64 Å². The average molecular weight is 341 g/mol. The first-order valence-corrected chi connectivity index (χ1v) is 8.33. The average Bonchev–Trinajstić information content (AvgIpc) is 3.08. The number of fused-ring (bicyclic) bond motifs is 2. The van der Waals surface area contributed by atoms with E-state index < -0.39 is 6.10 Å². The lowest BCUT2D eigenvalue weighted by Gasteiger charge is -2.30. The Morgan fingerprint density at radius 2 is 2.17 bits per heavy atom. The number of aryl methyl sites for hydroxylation is 1. The van der Waals surface area contributed by atoms with Crippen molar-refractivity contribution in [2.75, 3.05) is 11.9 Å². The number of amides is 1. The summed E-state index contributed by atoms with van der Waals surface area (Å²) in [4.78, 5) is 31.7. The molecule has 0 saturated carbocycles. The van der Waals surface area contributed by atoms with Crippen LogP contribution in [-0.4, -0.2) is 34.7 Å². The van der Waals surface area contributed by atoms with Gasteiger partial charge in [0.15, 0.2) is 17.4 Å². The largest absolute Gasteiger partial charge is 0.479 e. The predicted octanol–water partition coefficient (Wildman–Crippen LogP) is 2.93. The molecule has 0 spiro atoms. The van der Waals surface area contributed by atoms with Crippen molar-refractivity contribution in [3.8, 4) is 17.0 Å². The molecule has 1 unspecified atom stereocenters. The fourth-order valence-electron chi connectivity index (χ4n) is 2.96. The van der Waals surface area contributed by atoms with Crippen molar-refractivity contribution < 1.29 is 14.3 Å². The van der Waals surface area contributed by atoms with Gasteiger partial charge < -0.3 is 9.64 Å². The topological polar surface area (TPSA) is 63.9 Å². The van der Waals surface area contributed by atoms with Crippen LogP contribution in [0, 0.1) is 6.92 Å². The van der Waals surface area contributed by atoms with Crippen LogP contribution in [0.2, 0.25) is 0 Å². The highest BCUT2D eigenvalue weighted by atomic mass is 32.1. The van der Waals surface area contributed by atoms with E-state index in [4.69, 9.17) is 4.74 Å². The van der Waals surface area contributed by atoms with Gasteiger partial charge in [-0.1, -0.05) is 0 Å². The molecule has 6 nitrogen and oxygen atoms in total. The zero-order valence-electron chi connectivity index (χ0n) is 13.4. The van der Waals surface area contributed by atoms with Crippen LogP contribution in [0.5, 0.6) is 5.75 Å². The highest BCUT2D eigenvalue weighted by Crippen LogP contribution is 2.37. The van der Waals surface area contributed by atoms with E-state index >= 15 is 0 Å². The van der Waals surface area contributed by atoms with Gasteiger partial charge in [-0.2, -0.15) is 0 Å². The molecule has 4 rings (SSSR count). The Hall–Kier alpha value is -2.67. The Balaban J connectivity index is 1.88. The second kappa shape index (κ2) is 5.17. The zero-order valence-corrected chi connectivity index (χ0v) is 14.3. The fraction of sp³-hybridized carbons (Fsp3) is 0.235. The first-order valence-electron chi connectivity index (χ1n) is 7.52. The van der Waals surface area contributed by atoms with Crippen LogP contribution in [-0.2, 0) is 4.79 Å². The Morgan fingerprint density at radius 3 is 2.92 bits per heavy atom. The van der Waals surface area contributed by atoms with Crippen LogP contribution in [0.3, 0.4) is 0 Å². The standard InChI is InChI=1S/C17H15N3O3S/c1-9-7-20-13(8-21)15(18-17(20)24-9)11-4-5-14-12(6-11)19(3)16(22)10(2)23-14/h4-8,10H,1-3H3. The molecule has 0 N–H and O–H groups in total. The summed E-state index contributed by atoms with van der Waals surface area (Å²) in [6.07, 6.45) is 2.22. The van der Waals surface area contributed by atoms with Gasteiger partial charge in [0.25, 0.3) is 5.91 Å². The third-order valence-corrected chi connectivity index (χ3v) is 5.06. The van der Waals surface area contributed by atoms with E-state index in [2.05, 4.69) is 4.98 Å². The lowest BCUT2D eigenvalue weighted by atomic mass is 10.1. The van der Waals surface area contributed by atoms with Crippen LogP contribution in [0.15, 0.2) is 24.4 Å². The van der Waals surface area contributed by atoms with Crippen molar-refractivity contribution in [1.82, 2.24) is 9.38 Å². The minimum absolute atomic E-state index is 0.100. The maximum Gasteiger partial charge on any atom is 0.267 e. The molecular weight excluding hydrogens is 326 g/mol. The number of imidazole rings is 1. The maximum atomic E-state index is 12.1. The van der Waals surface area contributed by atoms with Crippen molar-refractivity contribution in [3.05, 3.63) is 35.0 Å². The number of benzene rings is 1. The van der Waals surface area contributed by atoms with Crippen molar-refractivity contribution in [3.63, 3.8) is 0 Å². The summed E-state index contributed by atoms with van der Waals surface area (Å²) >= 11 is 1.53. The van der Waals surface area contributed by atoms with Gasteiger partial charge in [-0.25, -0.2) is 4.98 Å². The molecule has 0 radical (unpaired) electrons. The number of aromatic nitrogens is 2. The minimum Gasteiger partial charge on any atom is -0.479 e. The van der Waals surface area contributed by atoms with E-state index in [0.29, 0.717) is 22.8 Å². The molecule has 1 aromatic carbocycles. The number of nitrogens with zero attached hydrogens (tertiary/aromatic N) is 3. The van der Waals surface area contributed by atoms with Gasteiger partial charge in [0.1, 0.15) is 17.1 Å². The summed E-state index contributed by atoms with van der Waals surface area (Å²) in [7, 11) is 1.72. The van der Waals surface area contributed by atoms with E-state index in [1.807, 2.05) is 31.3 Å². The smallest absolute Gasteiger partial charge is 0.267 e. The number of hydrogen-bond acceptors (Lipinski definition) is 5. The molecule has 24 heavy (non-hydrogen) atoms. The van der Waals surface area contributed by atoms with Gasteiger partial charge in [-0.05, 0) is 32.0 Å². The molecular formula is C17H15N3O3S. The number of carbonyl (C=O) groups is 2. The fourth-order valence-corrected chi connectivity index (χ4v) is 3.79. The Morgan fingerprint density at radius 1 is 1.38 bits per heavy atom. The number of ether oxygens (including phenoxy) is 1. The molecule has 0 saturated heterocycles. The first kappa shape index (κ1) is 14.9. The minimum atomic E-state index is -0.500. The molecule has 0 bridgehead atoms. The maximum absolute atomic E-state index is 12.1. The first-order chi connectivity index (χ1) is 11.5. The summed E-state index contributed by atoms with van der Waals surface area (Å²) in [6, 6.07) is 5.52. The number of rotatable bonds is 2. The van der Waals surface area contributed by atoms with E-state index in [-0.39, 0.29) is 5.91 Å². The zero-order chi connectivity index (χ0) is 17.0. The van der Waals surface area contributed by atoms with E-state index in [1.165, 1.54) is 11.3 Å². The van der Waals surface area contributed by atoms with Gasteiger partial charge >= 0.3 is 0 Å². The van der Waals surface area contributed by atoms with Crippen molar-refractivity contribution in [1.29, 1.82) is 0 Å². The molecule has 1 aliphatic heterocycles. The number of anilines is 1. The summed E-state index contributed by atoms with van der Waals surface area (Å²) in [6.45, 7) is 3.71. The number of aldehydes is 1. The number of hydrogen-bond donors (Lipinski definition) is 0. The molecule has 7 heteroatoms. The van der Waals surface area contributed by atoms with Gasteiger partial charge in [0.2, 0.25) is 0 Å². The quantitative estimate of drug-likeness (QED) is 0.672. The van der Waals surface area contributed by atoms with Crippen LogP contribution >= 0.6 is 11.3 Å². The van der Waals surface area contributed by atoms with Crippen molar-refractivity contribution in [2.45, 2.75) is 20.0 Å². The molecule has 2 aromatic heterocycles. The molecule has 0 fully saturated rings. The number of likely N-dealkylation sites (N-methyl/N-ethyl adjacent to an activating group) is 1. The van der Waals surface area contributed by atoms with Crippen molar-refractivity contribution >= 4 is 34.2 Å². The second-order valence-electron chi connectivity index (χ2n) is 5.80. The molecule has 0 aliphatic carbocycles. The molecule has 1 amide bonds. The SMILES string of the molecule is Cc1cn2c(C=O)c(-c3ccc4c(c3)N(C)C(=O)C(C)O4)nc2s1. The van der Waals surface area contributed by atoms with E-state index in [1.54, 1.807) is 23.3 Å². The molecule has 1 aliphatic rings. The number of carbonyl (C=O) groups excluding carboxylic acids is 2. The summed E-state index contributed by atoms with van der Waals surface area (Å²) in [5, 5.41) is 0. The highest BCUT2D eigenvalue weighted by molar-refractivity contribution is 7.17. The molecule has 3 heterocycles. The molecule has 122 valence electrons. The third-order valence-electron chi connectivity index (χ3n) is 4.17. The highest BCUT2D eigenvalue weighted by Gasteiger charge is 2.29. The monoisotopic (exact) mass is 341 g/mol. The van der Waals surface area contributed by atoms with Crippen LogP contribution in [0.4, 0.5) is 5.69 Å². The van der Waals surface area contributed by atoms with Gasteiger partial charge in [0.05, 0.1) is 5.69 Å². The normalized spacial score (nSPS) is 17.0. The Labute approximate surface area is 142 Å². The predicted molar refractivity (Wildman–Crippen MR) is 92.1 cm³/mol.